The van der Waals surface area contributed by atoms with Crippen LogP contribution in [-0.4, -0.2) is 26.2 Å². The summed E-state index contributed by atoms with van der Waals surface area (Å²) < 4.78 is 34.7. The van der Waals surface area contributed by atoms with E-state index < -0.39 is 10.0 Å². The van der Waals surface area contributed by atoms with Crippen molar-refractivity contribution >= 4 is 26.0 Å². The molecule has 0 bridgehead atoms. The molecule has 16 heavy (non-hydrogen) atoms. The summed E-state index contributed by atoms with van der Waals surface area (Å²) in [7, 11) is -3.16. The summed E-state index contributed by atoms with van der Waals surface area (Å²) in [5.41, 5.74) is 0. The largest absolute Gasteiger partial charge is 0.467 e. The minimum atomic E-state index is -3.16. The molecule has 0 spiro atoms. The zero-order valence-corrected chi connectivity index (χ0v) is 11.1. The Morgan fingerprint density at radius 1 is 1.50 bits per heavy atom. The van der Waals surface area contributed by atoms with Crippen LogP contribution in [0.15, 0.2) is 22.8 Å². The smallest absolute Gasteiger partial charge is 0.221 e. The lowest BCUT2D eigenvalue weighted by Gasteiger charge is -2.04. The van der Waals surface area contributed by atoms with Crippen LogP contribution in [0.3, 0.4) is 0 Å². The van der Waals surface area contributed by atoms with Crippen LogP contribution >= 0.6 is 15.9 Å². The van der Waals surface area contributed by atoms with E-state index >= 15 is 0 Å². The van der Waals surface area contributed by atoms with Gasteiger partial charge < -0.3 is 9.15 Å². The minimum Gasteiger partial charge on any atom is -0.467 e. The molecule has 0 atom stereocenters. The molecule has 1 N–H and O–H groups in total. The van der Waals surface area contributed by atoms with E-state index in [1.54, 1.807) is 12.3 Å². The molecule has 0 aliphatic heterocycles. The Balaban J connectivity index is 2.01. The molecule has 0 aliphatic carbocycles. The monoisotopic (exact) mass is 311 g/mol. The summed E-state index contributed by atoms with van der Waals surface area (Å²) >= 11 is 2.89. The van der Waals surface area contributed by atoms with Gasteiger partial charge in [0.15, 0.2) is 0 Å². The maximum Gasteiger partial charge on any atom is 0.221 e. The summed E-state index contributed by atoms with van der Waals surface area (Å²) in [5.74, 6) is 0.765. The molecule has 0 aliphatic rings. The lowest BCUT2D eigenvalue weighted by molar-refractivity contribution is 0.105. The molecule has 1 aromatic rings. The van der Waals surface area contributed by atoms with Crippen molar-refractivity contribution in [1.82, 2.24) is 4.72 Å². The minimum absolute atomic E-state index is 0.0761. The van der Waals surface area contributed by atoms with E-state index in [1.165, 1.54) is 0 Å². The fourth-order valence-corrected chi connectivity index (χ4v) is 2.03. The second-order valence-electron chi connectivity index (χ2n) is 3.10. The SMILES string of the molecule is O=S(=O)(CBr)NCCCOCc1ccco1. The molecule has 1 rings (SSSR count). The molecule has 7 heteroatoms. The van der Waals surface area contributed by atoms with Crippen LogP contribution in [0.25, 0.3) is 0 Å². The number of halogens is 1. The van der Waals surface area contributed by atoms with Crippen LogP contribution in [0.1, 0.15) is 12.2 Å². The molecule has 0 fully saturated rings. The van der Waals surface area contributed by atoms with Gasteiger partial charge in [-0.3, -0.25) is 0 Å². The highest BCUT2D eigenvalue weighted by atomic mass is 79.9. The number of ether oxygens (including phenoxy) is 1. The summed E-state index contributed by atoms with van der Waals surface area (Å²) in [6.45, 7) is 1.29. The molecule has 0 unspecified atom stereocenters. The Labute approximate surface area is 103 Å². The Bertz CT molecular complexity index is 376. The van der Waals surface area contributed by atoms with E-state index in [4.69, 9.17) is 9.15 Å². The Morgan fingerprint density at radius 3 is 2.94 bits per heavy atom. The van der Waals surface area contributed by atoms with E-state index in [0.717, 1.165) is 5.76 Å². The predicted molar refractivity (Wildman–Crippen MR) is 63.7 cm³/mol. The zero-order valence-electron chi connectivity index (χ0n) is 8.69. The Hall–Kier alpha value is -0.370. The third-order valence-electron chi connectivity index (χ3n) is 1.76. The van der Waals surface area contributed by atoms with Gasteiger partial charge in [0.2, 0.25) is 10.0 Å². The van der Waals surface area contributed by atoms with Gasteiger partial charge in [0.25, 0.3) is 0 Å². The number of alkyl halides is 1. The first-order valence-corrected chi connectivity index (χ1v) is 7.55. The van der Waals surface area contributed by atoms with Crippen molar-refractivity contribution in [3.63, 3.8) is 0 Å². The molecule has 0 aromatic carbocycles. The van der Waals surface area contributed by atoms with Gasteiger partial charge in [-0.1, -0.05) is 15.9 Å². The number of nitrogens with one attached hydrogen (secondary N) is 1. The molecule has 0 radical (unpaired) electrons. The number of hydrogen-bond acceptors (Lipinski definition) is 4. The first-order chi connectivity index (χ1) is 7.64. The summed E-state index contributed by atoms with van der Waals surface area (Å²) in [6.07, 6.45) is 2.22. The first kappa shape index (κ1) is 13.7. The van der Waals surface area contributed by atoms with E-state index in [-0.39, 0.29) is 4.66 Å². The van der Waals surface area contributed by atoms with Crippen molar-refractivity contribution in [1.29, 1.82) is 0 Å². The average molecular weight is 312 g/mol. The highest BCUT2D eigenvalue weighted by Gasteiger charge is 2.05. The average Bonchev–Trinajstić information content (AvgIpc) is 2.76. The lowest BCUT2D eigenvalue weighted by atomic mass is 10.4. The fourth-order valence-electron chi connectivity index (χ4n) is 1.01. The molecule has 0 saturated carbocycles. The first-order valence-electron chi connectivity index (χ1n) is 4.77. The Kier molecular flexibility index (Phi) is 6.04. The van der Waals surface area contributed by atoms with Crippen LogP contribution in [0.5, 0.6) is 0 Å². The molecule has 1 aromatic heterocycles. The van der Waals surface area contributed by atoms with Gasteiger partial charge in [-0.15, -0.1) is 0 Å². The van der Waals surface area contributed by atoms with Gasteiger partial charge in [0.05, 0.1) is 6.26 Å². The maximum atomic E-state index is 11.0. The van der Waals surface area contributed by atoms with Crippen LogP contribution in [0.4, 0.5) is 0 Å². The van der Waals surface area contributed by atoms with Gasteiger partial charge in [0, 0.05) is 13.2 Å². The third-order valence-corrected chi connectivity index (χ3v) is 4.49. The molecular weight excluding hydrogens is 298 g/mol. The lowest BCUT2D eigenvalue weighted by Crippen LogP contribution is -2.26. The quantitative estimate of drug-likeness (QED) is 0.583. The van der Waals surface area contributed by atoms with E-state index in [2.05, 4.69) is 20.7 Å². The van der Waals surface area contributed by atoms with Crippen molar-refractivity contribution < 1.29 is 17.6 Å². The van der Waals surface area contributed by atoms with Crippen molar-refractivity contribution in [2.24, 2.45) is 0 Å². The van der Waals surface area contributed by atoms with Gasteiger partial charge >= 0.3 is 0 Å². The van der Waals surface area contributed by atoms with Crippen molar-refractivity contribution in [2.45, 2.75) is 13.0 Å². The zero-order chi connectivity index (χ0) is 11.9. The van der Waals surface area contributed by atoms with Crippen LogP contribution in [-0.2, 0) is 21.4 Å². The van der Waals surface area contributed by atoms with E-state index in [9.17, 15) is 8.42 Å². The number of furan rings is 1. The summed E-state index contributed by atoms with van der Waals surface area (Å²) in [6, 6.07) is 3.62. The normalized spacial score (nSPS) is 11.8. The highest BCUT2D eigenvalue weighted by Crippen LogP contribution is 2.01. The number of hydrogen-bond donors (Lipinski definition) is 1. The van der Waals surface area contributed by atoms with E-state index in [1.807, 2.05) is 6.07 Å². The molecule has 1 heterocycles. The Morgan fingerprint density at radius 2 is 2.31 bits per heavy atom. The second kappa shape index (κ2) is 7.05. The van der Waals surface area contributed by atoms with Crippen LogP contribution in [0, 0.1) is 0 Å². The molecule has 0 amide bonds. The summed E-state index contributed by atoms with van der Waals surface area (Å²) in [5, 5.41) is 0. The van der Waals surface area contributed by atoms with Crippen molar-refractivity contribution in [2.75, 3.05) is 17.8 Å². The van der Waals surface area contributed by atoms with Crippen LogP contribution < -0.4 is 4.72 Å². The standard InChI is InChI=1S/C9H14BrNO4S/c10-8-16(12,13)11-4-2-5-14-7-9-3-1-6-15-9/h1,3,6,11H,2,4-5,7-8H2. The fraction of sp³-hybridized carbons (Fsp3) is 0.556. The predicted octanol–water partition coefficient (Wildman–Crippen LogP) is 1.46. The third kappa shape index (κ3) is 5.64. The molecule has 92 valence electrons. The van der Waals surface area contributed by atoms with Crippen molar-refractivity contribution in [3.05, 3.63) is 24.2 Å². The van der Waals surface area contributed by atoms with Gasteiger partial charge in [0.1, 0.15) is 17.0 Å². The topological polar surface area (TPSA) is 68.5 Å². The van der Waals surface area contributed by atoms with Crippen molar-refractivity contribution in [3.8, 4) is 0 Å². The second-order valence-corrected chi connectivity index (χ2v) is 6.21. The molecular formula is C9H14BrNO4S. The summed E-state index contributed by atoms with van der Waals surface area (Å²) in [4.78, 5) is 0. The van der Waals surface area contributed by atoms with Gasteiger partial charge in [-0.25, -0.2) is 13.1 Å². The van der Waals surface area contributed by atoms with Gasteiger partial charge in [-0.05, 0) is 18.6 Å². The van der Waals surface area contributed by atoms with Crippen LogP contribution in [0.2, 0.25) is 0 Å². The van der Waals surface area contributed by atoms with E-state index in [0.29, 0.717) is 26.2 Å². The maximum absolute atomic E-state index is 11.0. The number of sulfonamides is 1. The molecule has 5 nitrogen and oxygen atoms in total. The van der Waals surface area contributed by atoms with Gasteiger partial charge in [-0.2, -0.15) is 0 Å². The number of rotatable bonds is 8. The highest BCUT2D eigenvalue weighted by molar-refractivity contribution is 9.10. The molecule has 0 saturated heterocycles.